The number of aromatic carboxylic acids is 1. The van der Waals surface area contributed by atoms with E-state index < -0.39 is 11.9 Å². The lowest BCUT2D eigenvalue weighted by molar-refractivity contribution is -0.136. The highest BCUT2D eigenvalue weighted by Crippen LogP contribution is 2.33. The monoisotopic (exact) mass is 408 g/mol. The second-order valence-corrected chi connectivity index (χ2v) is 6.43. The standard InChI is InChI=1S/C22H16N2O4.ClH/c25-19(26)11-13-5-8-15(9-6-13)24-21-17-10-7-14-3-1-2-4-16(14)20(17)23-12-18(21)22(27)28;/h1-10,12H,11H2,(H,23,24)(H,25,26)(H,27,28);1H. The van der Waals surface area contributed by atoms with Gasteiger partial charge in [0.2, 0.25) is 0 Å². The maximum Gasteiger partial charge on any atom is 0.339 e. The van der Waals surface area contributed by atoms with E-state index >= 15 is 0 Å². The molecule has 1 aromatic heterocycles. The molecule has 0 aliphatic rings. The summed E-state index contributed by atoms with van der Waals surface area (Å²) < 4.78 is 0. The molecular weight excluding hydrogens is 392 g/mol. The van der Waals surface area contributed by atoms with E-state index in [4.69, 9.17) is 5.11 Å². The molecule has 29 heavy (non-hydrogen) atoms. The third kappa shape index (κ3) is 3.97. The van der Waals surface area contributed by atoms with Crippen LogP contribution in [0.5, 0.6) is 0 Å². The first-order valence-electron chi connectivity index (χ1n) is 8.64. The number of pyridine rings is 1. The van der Waals surface area contributed by atoms with Crippen molar-refractivity contribution in [3.05, 3.63) is 78.0 Å². The average molecular weight is 409 g/mol. The first-order valence-corrected chi connectivity index (χ1v) is 8.64. The summed E-state index contributed by atoms with van der Waals surface area (Å²) in [6, 6.07) is 18.5. The fourth-order valence-corrected chi connectivity index (χ4v) is 3.26. The number of halogens is 1. The number of hydrogen-bond donors (Lipinski definition) is 3. The van der Waals surface area contributed by atoms with Crippen molar-refractivity contribution < 1.29 is 19.8 Å². The van der Waals surface area contributed by atoms with Gasteiger partial charge in [0, 0.05) is 22.7 Å². The number of carboxylic acids is 2. The molecule has 146 valence electrons. The predicted molar refractivity (Wildman–Crippen MR) is 115 cm³/mol. The van der Waals surface area contributed by atoms with Crippen LogP contribution in [0.3, 0.4) is 0 Å². The number of nitrogens with zero attached hydrogens (tertiary/aromatic N) is 1. The smallest absolute Gasteiger partial charge is 0.339 e. The fourth-order valence-electron chi connectivity index (χ4n) is 3.26. The van der Waals surface area contributed by atoms with E-state index in [2.05, 4.69) is 10.3 Å². The lowest BCUT2D eigenvalue weighted by Gasteiger charge is -2.14. The average Bonchev–Trinajstić information content (AvgIpc) is 2.68. The van der Waals surface area contributed by atoms with Crippen LogP contribution in [0, 0.1) is 0 Å². The molecule has 0 saturated heterocycles. The number of fused-ring (bicyclic) bond motifs is 3. The Hall–Kier alpha value is -3.64. The van der Waals surface area contributed by atoms with Crippen molar-refractivity contribution >= 4 is 57.4 Å². The lowest BCUT2D eigenvalue weighted by atomic mass is 10.0. The molecule has 0 radical (unpaired) electrons. The number of benzene rings is 3. The summed E-state index contributed by atoms with van der Waals surface area (Å²) in [5.41, 5.74) is 2.57. The molecule has 0 aliphatic heterocycles. The SMILES string of the molecule is Cl.O=C(O)Cc1ccc(Nc2c(C(=O)O)cnc3c2ccc2ccccc23)cc1. The van der Waals surface area contributed by atoms with Gasteiger partial charge in [0.15, 0.2) is 0 Å². The Labute approximate surface area is 172 Å². The van der Waals surface area contributed by atoms with E-state index in [1.807, 2.05) is 36.4 Å². The summed E-state index contributed by atoms with van der Waals surface area (Å²) in [5.74, 6) is -1.98. The van der Waals surface area contributed by atoms with E-state index in [0.717, 1.165) is 10.8 Å². The summed E-state index contributed by atoms with van der Waals surface area (Å²) >= 11 is 0. The first-order chi connectivity index (χ1) is 13.5. The molecule has 7 heteroatoms. The van der Waals surface area contributed by atoms with Crippen LogP contribution >= 0.6 is 12.4 Å². The normalized spacial score (nSPS) is 10.5. The fraction of sp³-hybridized carbons (Fsp3) is 0.0455. The van der Waals surface area contributed by atoms with E-state index in [9.17, 15) is 14.7 Å². The topological polar surface area (TPSA) is 99.5 Å². The third-order valence-corrected chi connectivity index (χ3v) is 4.57. The van der Waals surface area contributed by atoms with Gasteiger partial charge in [0.05, 0.1) is 17.6 Å². The maximum absolute atomic E-state index is 11.7. The van der Waals surface area contributed by atoms with Crippen LogP contribution in [-0.2, 0) is 11.2 Å². The van der Waals surface area contributed by atoms with Gasteiger partial charge in [-0.3, -0.25) is 9.78 Å². The molecule has 0 aliphatic carbocycles. The van der Waals surface area contributed by atoms with Crippen LogP contribution in [0.4, 0.5) is 11.4 Å². The van der Waals surface area contributed by atoms with Gasteiger partial charge in [0.1, 0.15) is 5.56 Å². The molecular formula is C22H17ClN2O4. The minimum Gasteiger partial charge on any atom is -0.481 e. The Kier molecular flexibility index (Phi) is 5.66. The van der Waals surface area contributed by atoms with Crippen molar-refractivity contribution in [3.63, 3.8) is 0 Å². The first kappa shape index (κ1) is 20.1. The van der Waals surface area contributed by atoms with Crippen LogP contribution in [0.2, 0.25) is 0 Å². The van der Waals surface area contributed by atoms with Gasteiger partial charge >= 0.3 is 11.9 Å². The van der Waals surface area contributed by atoms with Crippen LogP contribution in [-0.4, -0.2) is 27.1 Å². The lowest BCUT2D eigenvalue weighted by Crippen LogP contribution is -2.05. The van der Waals surface area contributed by atoms with Crippen molar-refractivity contribution in [1.29, 1.82) is 0 Å². The number of carbonyl (C=O) groups is 2. The summed E-state index contributed by atoms with van der Waals surface area (Å²) in [7, 11) is 0. The zero-order chi connectivity index (χ0) is 19.7. The second-order valence-electron chi connectivity index (χ2n) is 6.43. The third-order valence-electron chi connectivity index (χ3n) is 4.57. The molecule has 0 saturated carbocycles. The van der Waals surface area contributed by atoms with Crippen LogP contribution < -0.4 is 5.32 Å². The highest BCUT2D eigenvalue weighted by Gasteiger charge is 2.16. The molecule has 4 rings (SSSR count). The van der Waals surface area contributed by atoms with E-state index in [0.29, 0.717) is 27.8 Å². The highest BCUT2D eigenvalue weighted by atomic mass is 35.5. The summed E-state index contributed by atoms with van der Waals surface area (Å²) in [6.45, 7) is 0. The molecule has 1 heterocycles. The molecule has 0 atom stereocenters. The molecule has 3 aromatic carbocycles. The largest absolute Gasteiger partial charge is 0.481 e. The van der Waals surface area contributed by atoms with Crippen molar-refractivity contribution in [2.24, 2.45) is 0 Å². The summed E-state index contributed by atoms with van der Waals surface area (Å²) in [5, 5.41) is 24.3. The molecule has 4 aromatic rings. The van der Waals surface area contributed by atoms with Crippen LogP contribution in [0.1, 0.15) is 15.9 Å². The number of rotatable bonds is 5. The molecule has 3 N–H and O–H groups in total. The number of anilines is 2. The Morgan fingerprint density at radius 3 is 2.31 bits per heavy atom. The summed E-state index contributed by atoms with van der Waals surface area (Å²) in [6.07, 6.45) is 1.29. The van der Waals surface area contributed by atoms with Crippen molar-refractivity contribution in [2.75, 3.05) is 5.32 Å². The van der Waals surface area contributed by atoms with Gasteiger partial charge in [-0.15, -0.1) is 12.4 Å². The highest BCUT2D eigenvalue weighted by molar-refractivity contribution is 6.13. The van der Waals surface area contributed by atoms with Gasteiger partial charge in [-0.25, -0.2) is 4.79 Å². The van der Waals surface area contributed by atoms with Gasteiger partial charge in [-0.05, 0) is 23.1 Å². The number of nitrogens with one attached hydrogen (secondary N) is 1. The second kappa shape index (κ2) is 8.16. The van der Waals surface area contributed by atoms with Gasteiger partial charge in [-0.1, -0.05) is 48.5 Å². The zero-order valence-electron chi connectivity index (χ0n) is 15.1. The molecule has 0 fully saturated rings. The Morgan fingerprint density at radius 1 is 0.897 bits per heavy atom. The quantitative estimate of drug-likeness (QED) is 0.407. The zero-order valence-corrected chi connectivity index (χ0v) is 15.9. The Bertz CT molecular complexity index is 1220. The van der Waals surface area contributed by atoms with Gasteiger partial charge < -0.3 is 15.5 Å². The summed E-state index contributed by atoms with van der Waals surface area (Å²) in [4.78, 5) is 27.0. The van der Waals surface area contributed by atoms with E-state index in [-0.39, 0.29) is 24.4 Å². The van der Waals surface area contributed by atoms with Crippen LogP contribution in [0.25, 0.3) is 21.7 Å². The maximum atomic E-state index is 11.7. The van der Waals surface area contributed by atoms with Crippen LogP contribution in [0.15, 0.2) is 66.9 Å². The number of aliphatic carboxylic acids is 1. The van der Waals surface area contributed by atoms with Gasteiger partial charge in [0.25, 0.3) is 0 Å². The molecule has 6 nitrogen and oxygen atoms in total. The molecule has 0 spiro atoms. The number of aromatic nitrogens is 1. The van der Waals surface area contributed by atoms with E-state index in [1.165, 1.54) is 6.20 Å². The van der Waals surface area contributed by atoms with Crippen molar-refractivity contribution in [1.82, 2.24) is 4.98 Å². The molecule has 0 bridgehead atoms. The minimum atomic E-state index is -1.08. The Morgan fingerprint density at radius 2 is 1.62 bits per heavy atom. The van der Waals surface area contributed by atoms with Gasteiger partial charge in [-0.2, -0.15) is 0 Å². The number of carboxylic acid groups (broad SMARTS) is 2. The van der Waals surface area contributed by atoms with E-state index in [1.54, 1.807) is 24.3 Å². The molecule has 0 unspecified atom stereocenters. The number of hydrogen-bond acceptors (Lipinski definition) is 4. The van der Waals surface area contributed by atoms with Crippen molar-refractivity contribution in [2.45, 2.75) is 6.42 Å². The predicted octanol–water partition coefficient (Wildman–Crippen LogP) is 4.88. The molecule has 0 amide bonds. The minimum absolute atomic E-state index is 0. The Balaban J connectivity index is 0.00000240. The van der Waals surface area contributed by atoms with Crippen molar-refractivity contribution in [3.8, 4) is 0 Å².